The van der Waals surface area contributed by atoms with Crippen LogP contribution in [0.1, 0.15) is 107 Å². The van der Waals surface area contributed by atoms with Crippen LogP contribution >= 0.6 is 0 Å². The Bertz CT molecular complexity index is 2470. The number of aldehydes is 1. The van der Waals surface area contributed by atoms with E-state index in [4.69, 9.17) is 47.2 Å². The monoisotopic (exact) mass is 1110 g/mol. The predicted octanol–water partition coefficient (Wildman–Crippen LogP) is 2.07. The zero-order valence-corrected chi connectivity index (χ0v) is 48.2. The SMILES string of the molecule is CC(=O)OOC(C)=O.CCOC(=O)CC1OB(O)c2cc(Oc3cccc(C=O)c3)ccc21.CCOC(=O)CC1OB(O)c2cc(Oc3cccc(CN4CCOCC4)c3)ccc21.CCOC(OCC)OCC.[B-]OC(C)=O.[Na+]. The van der Waals surface area contributed by atoms with Crippen molar-refractivity contribution in [1.82, 2.24) is 4.90 Å². The minimum Gasteiger partial charge on any atom is -0.793 e. The van der Waals surface area contributed by atoms with E-state index < -0.39 is 50.8 Å². The van der Waals surface area contributed by atoms with Crippen molar-refractivity contribution in [2.45, 2.75) is 93.5 Å². The van der Waals surface area contributed by atoms with E-state index in [9.17, 15) is 38.8 Å². The third-order valence-electron chi connectivity index (χ3n) is 10.5. The first-order valence-electron chi connectivity index (χ1n) is 25.1. The third-order valence-corrected chi connectivity index (χ3v) is 10.5. The molecule has 0 saturated carbocycles. The zero-order chi connectivity index (χ0) is 57.4. The van der Waals surface area contributed by atoms with Gasteiger partial charge in [0, 0.05) is 65.8 Å². The second-order valence-electron chi connectivity index (χ2n) is 16.4. The molecule has 4 aromatic rings. The first-order valence-corrected chi connectivity index (χ1v) is 25.1. The third kappa shape index (κ3) is 26.4. The number of nitrogens with zero attached hydrogens (tertiary/aromatic N) is 1. The molecule has 2 atom stereocenters. The molecule has 4 aromatic carbocycles. The van der Waals surface area contributed by atoms with Gasteiger partial charge >= 0.3 is 67.7 Å². The Kier molecular flexibility index (Phi) is 34.2. The van der Waals surface area contributed by atoms with E-state index in [0.717, 1.165) is 69.9 Å². The molecule has 3 radical (unpaired) electrons. The number of esters is 2. The standard InChI is InChI=1S/C22H26BNO6.C18H17BO6.C7H16O3.C4H6O4.C2H3BO2.Na/c1-2-28-22(25)14-21-19-7-6-18(13-20(19)23(26)30-21)29-17-5-3-4-16(12-17)15-24-8-10-27-11-9-24;1-2-23-18(21)10-17-15-7-6-14(9-16(15)19(22)25-17)24-13-5-3-4-12(8-13)11-20;1-4-8-7(9-5-2)10-6-3;1-3(5)7-8-4(2)6;1-2(4)5-3;/h3-7,12-13,21,26H,2,8-11,14-15H2,1H3;3-9,11,17,22H,2,10H2,1H3;7H,4-6H2,1-3H3;1-2H3;1H3;/q;;;;-1;+1. The Labute approximate surface area is 484 Å². The van der Waals surface area contributed by atoms with Gasteiger partial charge in [0.05, 0.1) is 51.5 Å². The second kappa shape index (κ2) is 38.9. The van der Waals surface area contributed by atoms with E-state index in [1.165, 1.54) is 12.5 Å². The van der Waals surface area contributed by atoms with Crippen molar-refractivity contribution in [1.29, 1.82) is 0 Å². The van der Waals surface area contributed by atoms with E-state index in [2.05, 4.69) is 33.4 Å². The summed E-state index contributed by atoms with van der Waals surface area (Å²) in [6.07, 6.45) is -0.203. The summed E-state index contributed by atoms with van der Waals surface area (Å²) >= 11 is 0. The second-order valence-corrected chi connectivity index (χ2v) is 16.4. The number of ether oxygens (including phenoxy) is 8. The van der Waals surface area contributed by atoms with Gasteiger partial charge in [-0.2, -0.15) is 0 Å². The molecular weight excluding hydrogens is 1040 g/mol. The maximum absolute atomic E-state index is 11.8. The molecule has 79 heavy (non-hydrogen) atoms. The quantitative estimate of drug-likeness (QED) is 0.0340. The summed E-state index contributed by atoms with van der Waals surface area (Å²) in [6.45, 7) is 19.0. The Hall–Kier alpha value is -5.67. The molecule has 7 rings (SSSR count). The number of hydrogen-bond donors (Lipinski definition) is 2. The van der Waals surface area contributed by atoms with E-state index in [1.807, 2.05) is 51.1 Å². The van der Waals surface area contributed by atoms with Gasteiger partial charge < -0.3 is 70.0 Å². The van der Waals surface area contributed by atoms with Crippen LogP contribution in [0.15, 0.2) is 84.9 Å². The summed E-state index contributed by atoms with van der Waals surface area (Å²) < 4.78 is 56.9. The van der Waals surface area contributed by atoms with Crippen LogP contribution in [0.25, 0.3) is 0 Å². The molecule has 26 heteroatoms. The normalized spacial score (nSPS) is 14.7. The smallest absolute Gasteiger partial charge is 0.793 e. The van der Waals surface area contributed by atoms with Crippen LogP contribution in [0.5, 0.6) is 23.0 Å². The van der Waals surface area contributed by atoms with Crippen molar-refractivity contribution in [3.05, 3.63) is 107 Å². The summed E-state index contributed by atoms with van der Waals surface area (Å²) in [5.41, 5.74) is 4.37. The predicted molar refractivity (Wildman–Crippen MR) is 282 cm³/mol. The molecule has 2 unspecified atom stereocenters. The molecule has 0 aromatic heterocycles. The van der Waals surface area contributed by atoms with Gasteiger partial charge in [0.15, 0.2) is 0 Å². The Balaban J connectivity index is 0.000000388. The van der Waals surface area contributed by atoms with E-state index in [1.54, 1.807) is 62.4 Å². The number of rotatable bonds is 19. The molecule has 22 nitrogen and oxygen atoms in total. The van der Waals surface area contributed by atoms with Crippen LogP contribution in [0.2, 0.25) is 0 Å². The minimum atomic E-state index is -1.13. The van der Waals surface area contributed by atoms with Crippen molar-refractivity contribution in [3.8, 4) is 23.0 Å². The van der Waals surface area contributed by atoms with Crippen molar-refractivity contribution < 1.29 is 130 Å². The molecule has 0 amide bonds. The molecule has 421 valence electrons. The summed E-state index contributed by atoms with van der Waals surface area (Å²) in [6, 6.07) is 25.3. The van der Waals surface area contributed by atoms with E-state index in [0.29, 0.717) is 66.8 Å². The fourth-order valence-electron chi connectivity index (χ4n) is 7.23. The average molecular weight is 1110 g/mol. The molecule has 3 aliphatic heterocycles. The summed E-state index contributed by atoms with van der Waals surface area (Å²) in [4.78, 5) is 73.4. The largest absolute Gasteiger partial charge is 1.00 e. The molecule has 2 N–H and O–H groups in total. The molecule has 0 bridgehead atoms. The van der Waals surface area contributed by atoms with Crippen LogP contribution in [-0.4, -0.2) is 139 Å². The van der Waals surface area contributed by atoms with Gasteiger partial charge in [-0.05, 0) is 111 Å². The molecule has 0 aliphatic carbocycles. The summed E-state index contributed by atoms with van der Waals surface area (Å²) in [5.74, 6) is -0.111. The molecule has 3 aliphatic rings. The Morgan fingerprint density at radius 3 is 1.47 bits per heavy atom. The maximum Gasteiger partial charge on any atom is 1.00 e. The average Bonchev–Trinajstić information content (AvgIpc) is 3.92. The molecular formula is C53H68B3NNaO21. The fourth-order valence-corrected chi connectivity index (χ4v) is 7.23. The molecule has 3 heterocycles. The van der Waals surface area contributed by atoms with Gasteiger partial charge in [-0.3, -0.25) is 24.1 Å². The van der Waals surface area contributed by atoms with Gasteiger partial charge in [0.1, 0.15) is 29.3 Å². The van der Waals surface area contributed by atoms with Crippen LogP contribution in [0, 0.1) is 0 Å². The molecule has 0 spiro atoms. The Morgan fingerprint density at radius 2 is 1.06 bits per heavy atom. The molecule has 1 saturated heterocycles. The number of carbonyl (C=O) groups is 6. The van der Waals surface area contributed by atoms with E-state index >= 15 is 0 Å². The number of hydrogen-bond acceptors (Lipinski definition) is 22. The maximum atomic E-state index is 11.8. The number of morpholine rings is 1. The van der Waals surface area contributed by atoms with Crippen molar-refractivity contribution in [3.63, 3.8) is 0 Å². The van der Waals surface area contributed by atoms with Crippen LogP contribution in [0.3, 0.4) is 0 Å². The summed E-state index contributed by atoms with van der Waals surface area (Å²) in [5, 5.41) is 20.4. The minimum absolute atomic E-state index is 0. The van der Waals surface area contributed by atoms with Crippen LogP contribution in [0.4, 0.5) is 0 Å². The van der Waals surface area contributed by atoms with Gasteiger partial charge in [-0.15, -0.1) is 0 Å². The number of benzene rings is 4. The number of fused-ring (bicyclic) bond motifs is 2. The number of carbonyl (C=O) groups excluding carboxylic acids is 6. The summed E-state index contributed by atoms with van der Waals surface area (Å²) in [7, 11) is 2.11. The zero-order valence-electron chi connectivity index (χ0n) is 46.2. The van der Waals surface area contributed by atoms with Gasteiger partial charge in [-0.1, -0.05) is 36.4 Å². The topological polar surface area (TPSA) is 266 Å². The van der Waals surface area contributed by atoms with Gasteiger partial charge in [-0.25, -0.2) is 19.4 Å². The molecule has 1 fully saturated rings. The van der Waals surface area contributed by atoms with Crippen molar-refractivity contribution >= 4 is 69.3 Å². The first kappa shape index (κ1) is 69.4. The Morgan fingerprint density at radius 1 is 0.633 bits per heavy atom. The van der Waals surface area contributed by atoms with Gasteiger partial charge in [0.25, 0.3) is 6.48 Å². The van der Waals surface area contributed by atoms with Crippen molar-refractivity contribution in [2.24, 2.45) is 0 Å². The fraction of sp³-hybridized carbons (Fsp3) is 0.434. The van der Waals surface area contributed by atoms with Gasteiger partial charge in [0.2, 0.25) is 5.97 Å². The van der Waals surface area contributed by atoms with E-state index in [-0.39, 0.29) is 54.3 Å². The van der Waals surface area contributed by atoms with Crippen LogP contribution < -0.4 is 50.0 Å². The van der Waals surface area contributed by atoms with Crippen molar-refractivity contribution in [2.75, 3.05) is 59.3 Å². The van der Waals surface area contributed by atoms with Crippen LogP contribution in [-0.2, 0) is 82.7 Å². The first-order chi connectivity index (χ1) is 37.5.